The van der Waals surface area contributed by atoms with E-state index in [9.17, 15) is 0 Å². The molecule has 0 spiro atoms. The van der Waals surface area contributed by atoms with Crippen LogP contribution in [0.25, 0.3) is 11.0 Å². The van der Waals surface area contributed by atoms with Crippen LogP contribution in [0.2, 0.25) is 0 Å². The van der Waals surface area contributed by atoms with Crippen LogP contribution in [0.1, 0.15) is 32.5 Å². The molecule has 0 bridgehead atoms. The molecule has 21 heavy (non-hydrogen) atoms. The number of anilines is 1. The molecule has 3 rings (SSSR count). The Morgan fingerprint density at radius 3 is 2.86 bits per heavy atom. The van der Waals surface area contributed by atoms with Crippen LogP contribution >= 0.6 is 0 Å². The van der Waals surface area contributed by atoms with E-state index in [-0.39, 0.29) is 0 Å². The Bertz CT molecular complexity index is 645. The Balaban J connectivity index is 1.88. The number of fused-ring (bicyclic) bond motifs is 1. The maximum absolute atomic E-state index is 4.69. The molecule has 3 heterocycles. The lowest BCUT2D eigenvalue weighted by molar-refractivity contribution is 0.109. The van der Waals surface area contributed by atoms with Gasteiger partial charge in [0.05, 0.1) is 18.1 Å². The van der Waals surface area contributed by atoms with E-state index in [0.717, 1.165) is 42.3 Å². The fourth-order valence-corrected chi connectivity index (χ4v) is 3.21. The SMILES string of the molecule is CNc1nc(CN2CCCC(C)(C)C2)nc2c1cnn2C. The lowest BCUT2D eigenvalue weighted by Gasteiger charge is -2.37. The molecule has 1 N–H and O–H groups in total. The van der Waals surface area contributed by atoms with Gasteiger partial charge < -0.3 is 5.32 Å². The zero-order valence-electron chi connectivity index (χ0n) is 13.3. The van der Waals surface area contributed by atoms with Crippen molar-refractivity contribution in [2.45, 2.75) is 33.2 Å². The van der Waals surface area contributed by atoms with Crippen LogP contribution in [0.15, 0.2) is 6.20 Å². The molecule has 0 atom stereocenters. The minimum Gasteiger partial charge on any atom is -0.372 e. The topological polar surface area (TPSA) is 58.9 Å². The average Bonchev–Trinajstić information content (AvgIpc) is 2.79. The molecule has 6 nitrogen and oxygen atoms in total. The largest absolute Gasteiger partial charge is 0.372 e. The van der Waals surface area contributed by atoms with Crippen molar-refractivity contribution in [1.82, 2.24) is 24.6 Å². The molecule has 0 saturated carbocycles. The van der Waals surface area contributed by atoms with Crippen molar-refractivity contribution in [2.24, 2.45) is 12.5 Å². The Hall–Kier alpha value is -1.69. The molecule has 1 saturated heterocycles. The number of aryl methyl sites for hydroxylation is 1. The predicted octanol–water partition coefficient (Wildman–Crippen LogP) is 2.03. The number of hydrogen-bond acceptors (Lipinski definition) is 5. The lowest BCUT2D eigenvalue weighted by atomic mass is 9.84. The average molecular weight is 288 g/mol. The molecule has 6 heteroatoms. The molecule has 0 aromatic carbocycles. The fraction of sp³-hybridized carbons (Fsp3) is 0.667. The Morgan fingerprint density at radius 1 is 1.33 bits per heavy atom. The molecule has 2 aromatic heterocycles. The summed E-state index contributed by atoms with van der Waals surface area (Å²) in [5.41, 5.74) is 1.28. The second kappa shape index (κ2) is 5.26. The molecule has 1 aliphatic heterocycles. The van der Waals surface area contributed by atoms with Crippen molar-refractivity contribution in [3.8, 4) is 0 Å². The summed E-state index contributed by atoms with van der Waals surface area (Å²) in [4.78, 5) is 11.8. The first-order chi connectivity index (χ1) is 9.98. The van der Waals surface area contributed by atoms with E-state index < -0.39 is 0 Å². The monoisotopic (exact) mass is 288 g/mol. The number of nitrogens with one attached hydrogen (secondary N) is 1. The van der Waals surface area contributed by atoms with Crippen LogP contribution in [0.4, 0.5) is 5.82 Å². The summed E-state index contributed by atoms with van der Waals surface area (Å²) in [7, 11) is 3.81. The predicted molar refractivity (Wildman–Crippen MR) is 84.1 cm³/mol. The summed E-state index contributed by atoms with van der Waals surface area (Å²) < 4.78 is 1.81. The van der Waals surface area contributed by atoms with E-state index in [4.69, 9.17) is 4.98 Å². The third-order valence-electron chi connectivity index (χ3n) is 4.22. The molecule has 0 aliphatic carbocycles. The van der Waals surface area contributed by atoms with Crippen molar-refractivity contribution in [1.29, 1.82) is 0 Å². The minimum absolute atomic E-state index is 0.390. The first kappa shape index (κ1) is 14.3. The van der Waals surface area contributed by atoms with Gasteiger partial charge in [0.25, 0.3) is 0 Å². The van der Waals surface area contributed by atoms with E-state index in [1.165, 1.54) is 12.8 Å². The third kappa shape index (κ3) is 2.85. The Kier molecular flexibility index (Phi) is 3.57. The fourth-order valence-electron chi connectivity index (χ4n) is 3.21. The van der Waals surface area contributed by atoms with Gasteiger partial charge in [-0.3, -0.25) is 9.58 Å². The smallest absolute Gasteiger partial charge is 0.163 e. The highest BCUT2D eigenvalue weighted by atomic mass is 15.3. The Labute approximate surface area is 125 Å². The molecule has 0 unspecified atom stereocenters. The van der Waals surface area contributed by atoms with E-state index in [1.807, 2.05) is 25.0 Å². The van der Waals surface area contributed by atoms with Gasteiger partial charge in [0.15, 0.2) is 5.65 Å². The summed E-state index contributed by atoms with van der Waals surface area (Å²) >= 11 is 0. The van der Waals surface area contributed by atoms with Crippen LogP contribution in [0, 0.1) is 5.41 Å². The standard InChI is InChI=1S/C15H24N6/c1-15(2)6-5-7-21(10-15)9-12-18-13(16-3)11-8-17-20(4)14(11)19-12/h8H,5-7,9-10H2,1-4H3,(H,16,18,19). The van der Waals surface area contributed by atoms with Crippen LogP contribution in [-0.4, -0.2) is 44.8 Å². The van der Waals surface area contributed by atoms with Gasteiger partial charge in [-0.1, -0.05) is 13.8 Å². The van der Waals surface area contributed by atoms with Crippen molar-refractivity contribution < 1.29 is 0 Å². The highest BCUT2D eigenvalue weighted by Crippen LogP contribution is 2.29. The quantitative estimate of drug-likeness (QED) is 0.936. The second-order valence-corrected chi connectivity index (χ2v) is 6.72. The third-order valence-corrected chi connectivity index (χ3v) is 4.22. The highest BCUT2D eigenvalue weighted by Gasteiger charge is 2.27. The van der Waals surface area contributed by atoms with Crippen molar-refractivity contribution in [2.75, 3.05) is 25.5 Å². The van der Waals surface area contributed by atoms with E-state index in [0.29, 0.717) is 5.41 Å². The summed E-state index contributed by atoms with van der Waals surface area (Å²) in [5, 5.41) is 8.40. The van der Waals surface area contributed by atoms with Gasteiger partial charge >= 0.3 is 0 Å². The normalized spacial score (nSPS) is 19.0. The minimum atomic E-state index is 0.390. The van der Waals surface area contributed by atoms with Gasteiger partial charge in [-0.25, -0.2) is 9.97 Å². The van der Waals surface area contributed by atoms with Gasteiger partial charge in [-0.2, -0.15) is 5.10 Å². The number of likely N-dealkylation sites (tertiary alicyclic amines) is 1. The van der Waals surface area contributed by atoms with E-state index >= 15 is 0 Å². The molecule has 2 aromatic rings. The molecule has 1 aliphatic rings. The van der Waals surface area contributed by atoms with E-state index in [2.05, 4.69) is 34.1 Å². The maximum atomic E-state index is 4.69. The molecule has 0 radical (unpaired) electrons. The molecule has 0 amide bonds. The van der Waals surface area contributed by atoms with Crippen molar-refractivity contribution in [3.05, 3.63) is 12.0 Å². The van der Waals surface area contributed by atoms with Gasteiger partial charge in [0.2, 0.25) is 0 Å². The summed E-state index contributed by atoms with van der Waals surface area (Å²) in [6, 6.07) is 0. The summed E-state index contributed by atoms with van der Waals surface area (Å²) in [6.07, 6.45) is 4.36. The van der Waals surface area contributed by atoms with E-state index in [1.54, 1.807) is 0 Å². The number of hydrogen-bond donors (Lipinski definition) is 1. The number of rotatable bonds is 3. The summed E-state index contributed by atoms with van der Waals surface area (Å²) in [5.74, 6) is 1.73. The van der Waals surface area contributed by atoms with Gasteiger partial charge in [-0.15, -0.1) is 0 Å². The highest BCUT2D eigenvalue weighted by molar-refractivity contribution is 5.86. The molecule has 114 valence electrons. The van der Waals surface area contributed by atoms with Crippen LogP contribution in [0.3, 0.4) is 0 Å². The zero-order chi connectivity index (χ0) is 15.0. The summed E-state index contributed by atoms with van der Waals surface area (Å²) in [6.45, 7) is 7.71. The van der Waals surface area contributed by atoms with Crippen molar-refractivity contribution >= 4 is 16.9 Å². The lowest BCUT2D eigenvalue weighted by Crippen LogP contribution is -2.39. The molecular formula is C15H24N6. The molecular weight excluding hydrogens is 264 g/mol. The number of piperidine rings is 1. The van der Waals surface area contributed by atoms with Crippen LogP contribution in [0.5, 0.6) is 0 Å². The van der Waals surface area contributed by atoms with Crippen LogP contribution < -0.4 is 5.32 Å². The van der Waals surface area contributed by atoms with Gasteiger partial charge in [-0.05, 0) is 24.8 Å². The first-order valence-corrected chi connectivity index (χ1v) is 7.57. The van der Waals surface area contributed by atoms with Crippen molar-refractivity contribution in [3.63, 3.8) is 0 Å². The zero-order valence-corrected chi connectivity index (χ0v) is 13.3. The van der Waals surface area contributed by atoms with Gasteiger partial charge in [0, 0.05) is 20.6 Å². The molecule has 1 fully saturated rings. The number of nitrogens with zero attached hydrogens (tertiary/aromatic N) is 5. The van der Waals surface area contributed by atoms with Gasteiger partial charge in [0.1, 0.15) is 11.6 Å². The maximum Gasteiger partial charge on any atom is 0.163 e. The van der Waals surface area contributed by atoms with Crippen LogP contribution in [-0.2, 0) is 13.6 Å². The number of aromatic nitrogens is 4. The first-order valence-electron chi connectivity index (χ1n) is 7.57. The Morgan fingerprint density at radius 2 is 2.14 bits per heavy atom. The second-order valence-electron chi connectivity index (χ2n) is 6.72.